The van der Waals surface area contributed by atoms with Crippen LogP contribution in [0.3, 0.4) is 0 Å². The average molecular weight is 492 g/mol. The van der Waals surface area contributed by atoms with Crippen molar-refractivity contribution in [1.82, 2.24) is 10.9 Å². The third-order valence-corrected chi connectivity index (χ3v) is 6.75. The molecule has 0 spiro atoms. The van der Waals surface area contributed by atoms with Gasteiger partial charge in [0.15, 0.2) is 0 Å². The van der Waals surface area contributed by atoms with Gasteiger partial charge >= 0.3 is 0 Å². The molecule has 184 valence electrons. The van der Waals surface area contributed by atoms with Gasteiger partial charge in [0.1, 0.15) is 17.5 Å². The fourth-order valence-electron chi connectivity index (χ4n) is 4.78. The Morgan fingerprint density at radius 2 is 1.92 bits per heavy atom. The van der Waals surface area contributed by atoms with E-state index in [1.54, 1.807) is 49.2 Å². The zero-order valence-electron chi connectivity index (χ0n) is 20.3. The first kappa shape index (κ1) is 23.9. The lowest BCUT2D eigenvalue weighted by Gasteiger charge is -2.44. The Labute approximate surface area is 215 Å². The van der Waals surface area contributed by atoms with E-state index in [1.165, 1.54) is 6.21 Å². The van der Waals surface area contributed by atoms with E-state index in [4.69, 9.17) is 11.2 Å². The van der Waals surface area contributed by atoms with Crippen LogP contribution in [0.15, 0.2) is 77.9 Å². The molecule has 0 fully saturated rings. The van der Waals surface area contributed by atoms with Crippen molar-refractivity contribution in [1.29, 1.82) is 5.26 Å². The highest BCUT2D eigenvalue weighted by atomic mass is 16.5. The van der Waals surface area contributed by atoms with Crippen LogP contribution in [0.1, 0.15) is 42.1 Å². The summed E-state index contributed by atoms with van der Waals surface area (Å²) in [6.07, 6.45) is 6.06. The van der Waals surface area contributed by atoms with Crippen molar-refractivity contribution in [2.75, 3.05) is 5.01 Å². The maximum absolute atomic E-state index is 14.4. The van der Waals surface area contributed by atoms with E-state index in [0.717, 1.165) is 0 Å². The number of nitrogens with one attached hydrogen (secondary N) is 2. The number of carbonyl (C=O) groups is 1. The second kappa shape index (κ2) is 9.02. The molecule has 5 rings (SSSR count). The number of anilines is 1. The fraction of sp³-hybridized carbons (Fsp3) is 0.207. The average Bonchev–Trinajstić information content (AvgIpc) is 3.38. The number of rotatable bonds is 4. The van der Waals surface area contributed by atoms with Crippen LogP contribution in [0.25, 0.3) is 0 Å². The second-order valence-corrected chi connectivity index (χ2v) is 9.49. The molecule has 2 aliphatic rings. The molecule has 0 aliphatic carbocycles. The molecule has 3 aromatic rings. The highest BCUT2D eigenvalue weighted by Gasteiger charge is 2.51. The van der Waals surface area contributed by atoms with E-state index >= 15 is 0 Å². The number of hydrazone groups is 1. The Morgan fingerprint density at radius 3 is 2.65 bits per heavy atom. The van der Waals surface area contributed by atoms with Gasteiger partial charge in [0.2, 0.25) is 5.54 Å². The number of nitrogens with zero attached hydrogens (tertiary/aromatic N) is 3. The normalized spacial score (nSPS) is 23.1. The summed E-state index contributed by atoms with van der Waals surface area (Å²) in [5, 5.41) is 29.7. The van der Waals surface area contributed by atoms with Crippen LogP contribution in [0.5, 0.6) is 5.75 Å². The summed E-state index contributed by atoms with van der Waals surface area (Å²) in [4.78, 5) is 14.4. The Kier molecular flexibility index (Phi) is 5.83. The summed E-state index contributed by atoms with van der Waals surface area (Å²) in [7, 11) is 0. The number of nitriles is 1. The smallest absolute Gasteiger partial charge is 0.258 e. The van der Waals surface area contributed by atoms with Crippen molar-refractivity contribution in [3.63, 3.8) is 0 Å². The maximum Gasteiger partial charge on any atom is 0.258 e. The summed E-state index contributed by atoms with van der Waals surface area (Å²) in [5.74, 6) is 2.67. The van der Waals surface area contributed by atoms with Crippen molar-refractivity contribution in [3.05, 3.63) is 95.1 Å². The van der Waals surface area contributed by atoms with Crippen LogP contribution in [0, 0.1) is 23.7 Å². The summed E-state index contributed by atoms with van der Waals surface area (Å²) >= 11 is 0. The van der Waals surface area contributed by atoms with Gasteiger partial charge in [0, 0.05) is 11.1 Å². The van der Waals surface area contributed by atoms with Gasteiger partial charge in [-0.3, -0.25) is 4.79 Å². The Morgan fingerprint density at radius 1 is 1.14 bits per heavy atom. The predicted molar refractivity (Wildman–Crippen MR) is 139 cm³/mol. The number of fused-ring (bicyclic) bond motifs is 1. The molecule has 0 saturated carbocycles. The number of benzene rings is 3. The zero-order valence-corrected chi connectivity index (χ0v) is 20.3. The number of ether oxygens (including phenoxy) is 1. The van der Waals surface area contributed by atoms with E-state index in [-0.39, 0.29) is 0 Å². The highest BCUT2D eigenvalue weighted by Crippen LogP contribution is 2.42. The number of amides is 1. The molecule has 2 aliphatic heterocycles. The van der Waals surface area contributed by atoms with Gasteiger partial charge in [-0.05, 0) is 55.8 Å². The summed E-state index contributed by atoms with van der Waals surface area (Å²) < 4.78 is 6.02. The summed E-state index contributed by atoms with van der Waals surface area (Å²) in [5.41, 5.74) is 3.37. The van der Waals surface area contributed by atoms with Crippen LogP contribution in [-0.4, -0.2) is 28.9 Å². The lowest BCUT2D eigenvalue weighted by Crippen LogP contribution is -2.61. The third kappa shape index (κ3) is 3.94. The fourth-order valence-corrected chi connectivity index (χ4v) is 4.78. The Balaban J connectivity index is 1.62. The number of hydrazine groups is 1. The van der Waals surface area contributed by atoms with Gasteiger partial charge in [0.05, 0.1) is 29.6 Å². The first-order chi connectivity index (χ1) is 17.8. The Hall–Kier alpha value is -4.79. The number of terminal acetylenes is 1. The maximum atomic E-state index is 14.4. The minimum atomic E-state index is -1.41. The molecule has 1 unspecified atom stereocenters. The van der Waals surface area contributed by atoms with Gasteiger partial charge in [-0.15, -0.1) is 6.42 Å². The monoisotopic (exact) mass is 491 g/mol. The molecule has 0 aromatic heterocycles. The lowest BCUT2D eigenvalue weighted by molar-refractivity contribution is -0.128. The van der Waals surface area contributed by atoms with Gasteiger partial charge in [-0.25, -0.2) is 10.5 Å². The first-order valence-electron chi connectivity index (χ1n) is 11.7. The van der Waals surface area contributed by atoms with Crippen molar-refractivity contribution in [2.24, 2.45) is 5.10 Å². The predicted octanol–water partition coefficient (Wildman–Crippen LogP) is 3.13. The molecule has 3 N–H and O–H groups in total. The molecule has 8 heteroatoms. The number of hydrogen-bond acceptors (Lipinski definition) is 7. The quantitative estimate of drug-likeness (QED) is 0.484. The highest BCUT2D eigenvalue weighted by molar-refractivity contribution is 6.08. The topological polar surface area (TPSA) is 110 Å². The largest absolute Gasteiger partial charge is 0.485 e. The molecule has 3 aromatic carbocycles. The number of carbonyl (C=O) groups excluding carboxylic acids is 1. The van der Waals surface area contributed by atoms with E-state index in [2.05, 4.69) is 27.9 Å². The van der Waals surface area contributed by atoms with Crippen LogP contribution in [-0.2, 0) is 10.3 Å². The van der Waals surface area contributed by atoms with Gasteiger partial charge in [-0.1, -0.05) is 42.3 Å². The number of aliphatic hydroxyl groups excluding tert-OH is 1. The molecule has 2 heterocycles. The molecule has 0 radical (unpaired) electrons. The molecule has 37 heavy (non-hydrogen) atoms. The summed E-state index contributed by atoms with van der Waals surface area (Å²) in [6, 6.07) is 22.6. The second-order valence-electron chi connectivity index (χ2n) is 9.49. The minimum Gasteiger partial charge on any atom is -0.485 e. The van der Waals surface area contributed by atoms with Gasteiger partial charge < -0.3 is 15.2 Å². The van der Waals surface area contributed by atoms with Crippen molar-refractivity contribution < 1.29 is 14.6 Å². The van der Waals surface area contributed by atoms with Crippen molar-refractivity contribution in [2.45, 2.75) is 37.1 Å². The first-order valence-corrected chi connectivity index (χ1v) is 11.7. The van der Waals surface area contributed by atoms with Crippen LogP contribution in [0.2, 0.25) is 0 Å². The van der Waals surface area contributed by atoms with Gasteiger partial charge in [0.25, 0.3) is 5.91 Å². The van der Waals surface area contributed by atoms with Crippen molar-refractivity contribution >= 4 is 17.8 Å². The van der Waals surface area contributed by atoms with Crippen LogP contribution < -0.4 is 20.6 Å². The number of aliphatic hydroxyl groups is 1. The molecule has 8 nitrogen and oxygen atoms in total. The van der Waals surface area contributed by atoms with E-state index < -0.39 is 29.2 Å². The molecular weight excluding hydrogens is 466 g/mol. The van der Waals surface area contributed by atoms with Crippen molar-refractivity contribution in [3.8, 4) is 24.2 Å². The van der Waals surface area contributed by atoms with Gasteiger partial charge in [-0.2, -0.15) is 10.4 Å². The van der Waals surface area contributed by atoms with Crippen LogP contribution >= 0.6 is 0 Å². The molecular formula is C29H25N5O3. The standard InChI is InChI=1S/C29H25N5O3/c1-4-19-9-8-12-22(15-19)34-29(18-31-33-34,21-10-6-5-7-11-21)27(36)32-25-23-16-20(17-30)13-14-24(23)37-28(2,3)26(25)35/h1,5-16,18,25-26,33,35H,2-3H3,(H,32,36)/t25-,26+,29?/m1/s1. The molecule has 3 atom stereocenters. The molecule has 1 amide bonds. The lowest BCUT2D eigenvalue weighted by atomic mass is 9.84. The molecule has 0 saturated heterocycles. The third-order valence-electron chi connectivity index (χ3n) is 6.75. The van der Waals surface area contributed by atoms with E-state index in [9.17, 15) is 15.2 Å². The Bertz CT molecular complexity index is 1470. The van der Waals surface area contributed by atoms with E-state index in [1.807, 2.05) is 42.5 Å². The minimum absolute atomic E-state index is 0.392. The van der Waals surface area contributed by atoms with E-state index in [0.29, 0.717) is 33.7 Å². The summed E-state index contributed by atoms with van der Waals surface area (Å²) in [6.45, 7) is 3.50. The SMILES string of the molecule is C#Cc1cccc(N2NN=CC2(C(=O)N[C@@H]2c3cc(C#N)ccc3OC(C)(C)[C@H]2O)c2ccccc2)c1. The van der Waals surface area contributed by atoms with Crippen LogP contribution in [0.4, 0.5) is 5.69 Å². The zero-order chi connectivity index (χ0) is 26.2. The number of hydrogen-bond donors (Lipinski definition) is 3. The molecule has 0 bridgehead atoms.